The minimum atomic E-state index is -0.127. The predicted octanol–water partition coefficient (Wildman–Crippen LogP) is 0.936. The Balaban J connectivity index is 2.51. The van der Waals surface area contributed by atoms with Gasteiger partial charge in [-0.05, 0) is 38.4 Å². The molecule has 18 heavy (non-hydrogen) atoms. The number of carbonyl (C=O) groups excluding carboxylic acids is 2. The van der Waals surface area contributed by atoms with Crippen LogP contribution in [-0.2, 0) is 4.79 Å². The van der Waals surface area contributed by atoms with Crippen LogP contribution in [0.2, 0.25) is 0 Å². The van der Waals surface area contributed by atoms with Gasteiger partial charge in [0.2, 0.25) is 5.91 Å². The monoisotopic (exact) mass is 249 g/mol. The molecule has 0 aliphatic rings. The van der Waals surface area contributed by atoms with Gasteiger partial charge < -0.3 is 15.5 Å². The van der Waals surface area contributed by atoms with Gasteiger partial charge in [-0.15, -0.1) is 0 Å². The summed E-state index contributed by atoms with van der Waals surface area (Å²) in [5.41, 5.74) is 1.27. The minimum absolute atomic E-state index is 0.105. The van der Waals surface area contributed by atoms with Crippen molar-refractivity contribution in [2.75, 3.05) is 32.5 Å². The summed E-state index contributed by atoms with van der Waals surface area (Å²) in [6.45, 7) is 2.86. The molecular weight excluding hydrogens is 230 g/mol. The van der Waals surface area contributed by atoms with Crippen LogP contribution < -0.4 is 10.6 Å². The van der Waals surface area contributed by atoms with Crippen LogP contribution >= 0.6 is 0 Å². The average Bonchev–Trinajstić information content (AvgIpc) is 2.28. The number of anilines is 1. The molecule has 0 saturated carbocycles. The van der Waals surface area contributed by atoms with Crippen molar-refractivity contribution in [1.82, 2.24) is 10.2 Å². The molecule has 0 fully saturated rings. The van der Waals surface area contributed by atoms with Gasteiger partial charge >= 0.3 is 0 Å². The lowest BCUT2D eigenvalue weighted by Gasteiger charge is -2.10. The molecule has 0 bridgehead atoms. The normalized spacial score (nSPS) is 10.2. The summed E-state index contributed by atoms with van der Waals surface area (Å²) in [5.74, 6) is -0.232. The summed E-state index contributed by atoms with van der Waals surface area (Å²) in [7, 11) is 3.91. The molecule has 0 heterocycles. The molecule has 0 aliphatic heterocycles. The van der Waals surface area contributed by atoms with E-state index >= 15 is 0 Å². The van der Waals surface area contributed by atoms with Crippen LogP contribution in [0.5, 0.6) is 0 Å². The minimum Gasteiger partial charge on any atom is -0.351 e. The third kappa shape index (κ3) is 4.97. The maximum Gasteiger partial charge on any atom is 0.251 e. The number of nitrogens with zero attached hydrogens (tertiary/aromatic N) is 1. The van der Waals surface area contributed by atoms with Crippen molar-refractivity contribution in [2.24, 2.45) is 0 Å². The highest BCUT2D eigenvalue weighted by Gasteiger charge is 2.05. The zero-order valence-electron chi connectivity index (χ0n) is 11.0. The van der Waals surface area contributed by atoms with Gasteiger partial charge in [-0.3, -0.25) is 9.59 Å². The summed E-state index contributed by atoms with van der Waals surface area (Å²) in [6.07, 6.45) is 0. The molecule has 2 amide bonds. The molecule has 5 nitrogen and oxygen atoms in total. The van der Waals surface area contributed by atoms with Gasteiger partial charge in [-0.1, -0.05) is 0 Å². The first kappa shape index (κ1) is 14.2. The lowest BCUT2D eigenvalue weighted by atomic mass is 10.2. The van der Waals surface area contributed by atoms with Crippen LogP contribution in [0.4, 0.5) is 5.69 Å². The van der Waals surface area contributed by atoms with E-state index in [1.54, 1.807) is 24.3 Å². The number of amides is 2. The van der Waals surface area contributed by atoms with Gasteiger partial charge in [0.15, 0.2) is 0 Å². The maximum atomic E-state index is 11.7. The van der Waals surface area contributed by atoms with E-state index in [0.29, 0.717) is 17.8 Å². The van der Waals surface area contributed by atoms with Crippen LogP contribution in [0.3, 0.4) is 0 Å². The second kappa shape index (κ2) is 6.76. The van der Waals surface area contributed by atoms with Crippen LogP contribution in [0.25, 0.3) is 0 Å². The van der Waals surface area contributed by atoms with Gasteiger partial charge in [0, 0.05) is 31.3 Å². The fraction of sp³-hybridized carbons (Fsp3) is 0.385. The topological polar surface area (TPSA) is 61.4 Å². The molecule has 0 saturated heterocycles. The Morgan fingerprint density at radius 3 is 2.28 bits per heavy atom. The number of benzene rings is 1. The Morgan fingerprint density at radius 1 is 1.17 bits per heavy atom. The average molecular weight is 249 g/mol. The quantitative estimate of drug-likeness (QED) is 0.816. The Morgan fingerprint density at radius 2 is 1.78 bits per heavy atom. The molecule has 98 valence electrons. The van der Waals surface area contributed by atoms with Crippen LogP contribution in [0, 0.1) is 0 Å². The lowest BCUT2D eigenvalue weighted by molar-refractivity contribution is -0.114. The predicted molar refractivity (Wildman–Crippen MR) is 71.6 cm³/mol. The van der Waals surface area contributed by atoms with Crippen molar-refractivity contribution in [3.05, 3.63) is 29.8 Å². The number of rotatable bonds is 5. The van der Waals surface area contributed by atoms with E-state index in [4.69, 9.17) is 0 Å². The zero-order chi connectivity index (χ0) is 13.5. The fourth-order valence-electron chi connectivity index (χ4n) is 1.40. The zero-order valence-corrected chi connectivity index (χ0v) is 11.0. The fourth-order valence-corrected chi connectivity index (χ4v) is 1.40. The third-order valence-corrected chi connectivity index (χ3v) is 2.31. The lowest BCUT2D eigenvalue weighted by Crippen LogP contribution is -2.31. The Hall–Kier alpha value is -1.88. The van der Waals surface area contributed by atoms with E-state index in [2.05, 4.69) is 10.6 Å². The van der Waals surface area contributed by atoms with Gasteiger partial charge in [-0.2, -0.15) is 0 Å². The SMILES string of the molecule is CC(=O)Nc1ccc(C(=O)NCCN(C)C)cc1. The molecule has 1 rings (SSSR count). The highest BCUT2D eigenvalue weighted by atomic mass is 16.2. The molecule has 2 N–H and O–H groups in total. The first-order chi connectivity index (χ1) is 8.49. The van der Waals surface area contributed by atoms with Crippen molar-refractivity contribution in [2.45, 2.75) is 6.92 Å². The third-order valence-electron chi connectivity index (χ3n) is 2.31. The molecular formula is C13H19N3O2. The number of hydrogen-bond acceptors (Lipinski definition) is 3. The molecule has 0 aromatic heterocycles. The smallest absolute Gasteiger partial charge is 0.251 e. The van der Waals surface area contributed by atoms with Crippen molar-refractivity contribution < 1.29 is 9.59 Å². The Labute approximate surface area is 107 Å². The second-order valence-corrected chi connectivity index (χ2v) is 4.32. The highest BCUT2D eigenvalue weighted by Crippen LogP contribution is 2.09. The number of hydrogen-bond donors (Lipinski definition) is 2. The Kier molecular flexibility index (Phi) is 5.32. The second-order valence-electron chi connectivity index (χ2n) is 4.32. The van der Waals surface area contributed by atoms with Crippen molar-refractivity contribution in [1.29, 1.82) is 0 Å². The van der Waals surface area contributed by atoms with E-state index in [9.17, 15) is 9.59 Å². The maximum absolute atomic E-state index is 11.7. The van der Waals surface area contributed by atoms with Gasteiger partial charge in [0.25, 0.3) is 5.91 Å². The van der Waals surface area contributed by atoms with Crippen LogP contribution in [0.1, 0.15) is 17.3 Å². The summed E-state index contributed by atoms with van der Waals surface area (Å²) < 4.78 is 0. The van der Waals surface area contributed by atoms with Crippen molar-refractivity contribution in [3.63, 3.8) is 0 Å². The number of likely N-dealkylation sites (N-methyl/N-ethyl adjacent to an activating group) is 1. The molecule has 5 heteroatoms. The van der Waals surface area contributed by atoms with Gasteiger partial charge in [0.05, 0.1) is 0 Å². The van der Waals surface area contributed by atoms with Gasteiger partial charge in [0.1, 0.15) is 0 Å². The van der Waals surface area contributed by atoms with E-state index < -0.39 is 0 Å². The molecule has 1 aromatic rings. The summed E-state index contributed by atoms with van der Waals surface area (Å²) >= 11 is 0. The molecule has 0 aliphatic carbocycles. The van der Waals surface area contributed by atoms with Crippen molar-refractivity contribution >= 4 is 17.5 Å². The molecule has 1 aromatic carbocycles. The molecule has 0 radical (unpaired) electrons. The van der Waals surface area contributed by atoms with Crippen LogP contribution in [0.15, 0.2) is 24.3 Å². The first-order valence-electron chi connectivity index (χ1n) is 5.79. The van der Waals surface area contributed by atoms with Crippen molar-refractivity contribution in [3.8, 4) is 0 Å². The summed E-state index contributed by atoms with van der Waals surface area (Å²) in [4.78, 5) is 24.6. The molecule has 0 spiro atoms. The van der Waals surface area contributed by atoms with E-state index in [0.717, 1.165) is 6.54 Å². The number of nitrogens with one attached hydrogen (secondary N) is 2. The number of carbonyl (C=O) groups is 2. The standard InChI is InChI=1S/C13H19N3O2/c1-10(17)15-12-6-4-11(5-7-12)13(18)14-8-9-16(2)3/h4-7H,8-9H2,1-3H3,(H,14,18)(H,15,17). The molecule has 0 unspecified atom stereocenters. The van der Waals surface area contributed by atoms with Gasteiger partial charge in [-0.25, -0.2) is 0 Å². The largest absolute Gasteiger partial charge is 0.351 e. The first-order valence-corrected chi connectivity index (χ1v) is 5.79. The highest BCUT2D eigenvalue weighted by molar-refractivity contribution is 5.95. The summed E-state index contributed by atoms with van der Waals surface area (Å²) in [5, 5.41) is 5.47. The van der Waals surface area contributed by atoms with E-state index in [1.165, 1.54) is 6.92 Å². The Bertz CT molecular complexity index is 413. The summed E-state index contributed by atoms with van der Waals surface area (Å²) in [6, 6.07) is 6.80. The molecule has 0 atom stereocenters. The van der Waals surface area contributed by atoms with E-state index in [-0.39, 0.29) is 11.8 Å². The van der Waals surface area contributed by atoms with E-state index in [1.807, 2.05) is 19.0 Å². The van der Waals surface area contributed by atoms with Crippen LogP contribution in [-0.4, -0.2) is 43.9 Å².